The minimum Gasteiger partial charge on any atom is -0.399 e. The van der Waals surface area contributed by atoms with Crippen molar-refractivity contribution in [1.82, 2.24) is 5.32 Å². The molecule has 0 heterocycles. The van der Waals surface area contributed by atoms with Gasteiger partial charge in [0.05, 0.1) is 0 Å². The van der Waals surface area contributed by atoms with Gasteiger partial charge in [0.25, 0.3) is 0 Å². The lowest BCUT2D eigenvalue weighted by Gasteiger charge is -2.23. The van der Waals surface area contributed by atoms with E-state index in [-0.39, 0.29) is 0 Å². The molecule has 0 saturated carbocycles. The van der Waals surface area contributed by atoms with Crippen LogP contribution in [0.2, 0.25) is 0 Å². The first kappa shape index (κ1) is 14.1. The Balaban J connectivity index is 3.85. The van der Waals surface area contributed by atoms with Crippen LogP contribution in [-0.2, 0) is 8.85 Å². The molecule has 14 heavy (non-hydrogen) atoms. The fourth-order valence-electron chi connectivity index (χ4n) is 1.53. The van der Waals surface area contributed by atoms with E-state index < -0.39 is 9.28 Å². The van der Waals surface area contributed by atoms with Crippen molar-refractivity contribution < 1.29 is 8.85 Å². The van der Waals surface area contributed by atoms with E-state index in [2.05, 4.69) is 19.2 Å². The van der Waals surface area contributed by atoms with E-state index in [0.29, 0.717) is 5.67 Å². The first-order chi connectivity index (χ1) is 6.79. The van der Waals surface area contributed by atoms with Crippen molar-refractivity contribution >= 4 is 9.28 Å². The van der Waals surface area contributed by atoms with Crippen LogP contribution >= 0.6 is 0 Å². The van der Waals surface area contributed by atoms with Crippen LogP contribution < -0.4 is 5.32 Å². The van der Waals surface area contributed by atoms with Gasteiger partial charge in [0.1, 0.15) is 0 Å². The molecule has 0 aliphatic rings. The molecule has 0 aromatic heterocycles. The fourth-order valence-corrected chi connectivity index (χ4v) is 3.35. The molecule has 0 aromatic carbocycles. The third-order valence-corrected chi connectivity index (χ3v) is 4.49. The maximum Gasteiger partial charge on any atom is 0.338 e. The lowest BCUT2D eigenvalue weighted by Crippen LogP contribution is -2.46. The Labute approximate surface area is 90.0 Å². The Morgan fingerprint density at radius 1 is 1.14 bits per heavy atom. The minimum atomic E-state index is -1.48. The largest absolute Gasteiger partial charge is 0.399 e. The maximum atomic E-state index is 5.40. The smallest absolute Gasteiger partial charge is 0.338 e. The van der Waals surface area contributed by atoms with Crippen molar-refractivity contribution in [3.8, 4) is 0 Å². The zero-order valence-corrected chi connectivity index (χ0v) is 11.2. The number of hydrogen-bond donors (Lipinski definition) is 1. The van der Waals surface area contributed by atoms with Crippen molar-refractivity contribution in [2.45, 2.75) is 45.2 Å². The van der Waals surface area contributed by atoms with Crippen LogP contribution in [0.4, 0.5) is 0 Å². The van der Waals surface area contributed by atoms with Crippen LogP contribution in [0.3, 0.4) is 0 Å². The molecule has 0 radical (unpaired) electrons. The van der Waals surface area contributed by atoms with Crippen molar-refractivity contribution in [2.24, 2.45) is 0 Å². The van der Waals surface area contributed by atoms with Gasteiger partial charge in [0.15, 0.2) is 0 Å². The maximum absolute atomic E-state index is 5.40. The highest BCUT2D eigenvalue weighted by atomic mass is 28.3. The van der Waals surface area contributed by atoms with Crippen molar-refractivity contribution in [1.29, 1.82) is 0 Å². The fraction of sp³-hybridized carbons (Fsp3) is 1.00. The van der Waals surface area contributed by atoms with Gasteiger partial charge >= 0.3 is 9.28 Å². The average Bonchev–Trinajstić information content (AvgIpc) is 2.20. The Kier molecular flexibility index (Phi) is 9.71. The van der Waals surface area contributed by atoms with Crippen LogP contribution in [0.15, 0.2) is 0 Å². The van der Waals surface area contributed by atoms with Crippen molar-refractivity contribution in [2.75, 3.05) is 20.8 Å². The third-order valence-electron chi connectivity index (χ3n) is 2.33. The second-order valence-electron chi connectivity index (χ2n) is 3.54. The molecule has 86 valence electrons. The number of hydrogen-bond acceptors (Lipinski definition) is 3. The van der Waals surface area contributed by atoms with E-state index in [4.69, 9.17) is 8.85 Å². The van der Waals surface area contributed by atoms with E-state index in [1.165, 1.54) is 19.3 Å². The molecule has 1 N–H and O–H groups in total. The van der Waals surface area contributed by atoms with E-state index in [0.717, 1.165) is 13.0 Å². The van der Waals surface area contributed by atoms with E-state index in [1.54, 1.807) is 14.2 Å². The molecule has 0 fully saturated rings. The summed E-state index contributed by atoms with van der Waals surface area (Å²) in [6.07, 6.45) is 4.80. The minimum absolute atomic E-state index is 0.460. The molecule has 4 heteroatoms. The highest BCUT2D eigenvalue weighted by Crippen LogP contribution is 2.03. The normalized spacial score (nSPS) is 13.5. The Hall–Kier alpha value is 0.0969. The third kappa shape index (κ3) is 5.75. The molecule has 0 rings (SSSR count). The van der Waals surface area contributed by atoms with Gasteiger partial charge < -0.3 is 14.2 Å². The van der Waals surface area contributed by atoms with E-state index in [9.17, 15) is 0 Å². The second-order valence-corrected chi connectivity index (χ2v) is 6.03. The summed E-state index contributed by atoms with van der Waals surface area (Å²) >= 11 is 0. The lowest BCUT2D eigenvalue weighted by atomic mass is 10.3. The molecule has 0 spiro atoms. The van der Waals surface area contributed by atoms with Gasteiger partial charge in [-0.15, -0.1) is 0 Å². The summed E-state index contributed by atoms with van der Waals surface area (Å²) in [4.78, 5) is 0. The van der Waals surface area contributed by atoms with Crippen molar-refractivity contribution in [3.63, 3.8) is 0 Å². The Bertz CT molecular complexity index is 121. The molecule has 0 aliphatic carbocycles. The first-order valence-corrected chi connectivity index (χ1v) is 7.20. The van der Waals surface area contributed by atoms with Gasteiger partial charge in [0.2, 0.25) is 0 Å². The lowest BCUT2D eigenvalue weighted by molar-refractivity contribution is 0.255. The van der Waals surface area contributed by atoms with E-state index >= 15 is 0 Å². The summed E-state index contributed by atoms with van der Waals surface area (Å²) in [6.45, 7) is 5.49. The second kappa shape index (κ2) is 9.64. The van der Waals surface area contributed by atoms with E-state index in [1.807, 2.05) is 0 Å². The highest BCUT2D eigenvalue weighted by molar-refractivity contribution is 6.46. The summed E-state index contributed by atoms with van der Waals surface area (Å²) in [7, 11) is 2.03. The van der Waals surface area contributed by atoms with Gasteiger partial charge in [-0.3, -0.25) is 0 Å². The number of rotatable bonds is 9. The molecule has 0 bridgehead atoms. The summed E-state index contributed by atoms with van der Waals surface area (Å²) in [5.74, 6) is 0. The van der Waals surface area contributed by atoms with Gasteiger partial charge in [-0.25, -0.2) is 0 Å². The summed E-state index contributed by atoms with van der Waals surface area (Å²) in [5.41, 5.74) is 0.460. The Morgan fingerprint density at radius 2 is 1.79 bits per heavy atom. The first-order valence-electron chi connectivity index (χ1n) is 5.59. The molecule has 0 aromatic rings. The monoisotopic (exact) mass is 219 g/mol. The predicted octanol–water partition coefficient (Wildman–Crippen LogP) is 1.60. The average molecular weight is 219 g/mol. The highest BCUT2D eigenvalue weighted by Gasteiger charge is 2.22. The van der Waals surface area contributed by atoms with Crippen LogP contribution in [0, 0.1) is 0 Å². The molecular formula is C10H25NO2Si. The van der Waals surface area contributed by atoms with Crippen LogP contribution in [0.1, 0.15) is 39.5 Å². The standard InChI is InChI=1S/C10H25NO2Si/c1-5-7-9-11-10(8-6-2)14(12-3)13-4/h10-11,14H,5-9H2,1-4H3. The van der Waals surface area contributed by atoms with Gasteiger partial charge in [0, 0.05) is 19.9 Å². The zero-order valence-electron chi connectivity index (χ0n) is 10.0. The van der Waals surface area contributed by atoms with Crippen LogP contribution in [0.25, 0.3) is 0 Å². The van der Waals surface area contributed by atoms with Gasteiger partial charge in [-0.1, -0.05) is 26.7 Å². The predicted molar refractivity (Wildman–Crippen MR) is 62.8 cm³/mol. The SMILES string of the molecule is CCCCNC(CCC)[SiH](OC)OC. The number of unbranched alkanes of at least 4 members (excludes halogenated alkanes) is 1. The Morgan fingerprint density at radius 3 is 2.21 bits per heavy atom. The topological polar surface area (TPSA) is 30.5 Å². The molecule has 1 atom stereocenters. The summed E-state index contributed by atoms with van der Waals surface area (Å²) in [6, 6.07) is 0. The van der Waals surface area contributed by atoms with Crippen molar-refractivity contribution in [3.05, 3.63) is 0 Å². The quantitative estimate of drug-likeness (QED) is 0.472. The molecule has 0 saturated heterocycles. The van der Waals surface area contributed by atoms with Gasteiger partial charge in [-0.2, -0.15) is 0 Å². The van der Waals surface area contributed by atoms with Crippen LogP contribution in [0.5, 0.6) is 0 Å². The molecule has 1 unspecified atom stereocenters. The summed E-state index contributed by atoms with van der Waals surface area (Å²) in [5, 5.41) is 3.54. The van der Waals surface area contributed by atoms with Crippen LogP contribution in [-0.4, -0.2) is 35.7 Å². The molecule has 0 aliphatic heterocycles. The summed E-state index contributed by atoms with van der Waals surface area (Å²) < 4.78 is 10.8. The zero-order chi connectivity index (χ0) is 10.8. The molecular weight excluding hydrogens is 194 g/mol. The molecule has 3 nitrogen and oxygen atoms in total. The molecule has 0 amide bonds. The number of nitrogens with one attached hydrogen (secondary N) is 1. The van der Waals surface area contributed by atoms with Gasteiger partial charge in [-0.05, 0) is 19.4 Å².